The quantitative estimate of drug-likeness (QED) is 0.184. The number of carboxylic acids is 1. The van der Waals surface area contributed by atoms with Crippen molar-refractivity contribution >= 4 is 16.9 Å². The van der Waals surface area contributed by atoms with Gasteiger partial charge in [-0.1, -0.05) is 58.8 Å². The van der Waals surface area contributed by atoms with Crippen LogP contribution in [0.4, 0.5) is 0 Å². The molecule has 1 aromatic heterocycles. The summed E-state index contributed by atoms with van der Waals surface area (Å²) < 4.78 is 0. The summed E-state index contributed by atoms with van der Waals surface area (Å²) in [6.45, 7) is 14.4. The molecule has 3 fully saturated rings. The fraction of sp³-hybridized carbons (Fsp3) is 0.541. The van der Waals surface area contributed by atoms with Gasteiger partial charge in [0.2, 0.25) is 0 Å². The molecular weight excluding hydrogens is 522 g/mol. The van der Waals surface area contributed by atoms with Gasteiger partial charge in [0.05, 0.1) is 5.56 Å². The van der Waals surface area contributed by atoms with Crippen molar-refractivity contribution in [1.82, 2.24) is 4.98 Å². The summed E-state index contributed by atoms with van der Waals surface area (Å²) in [7, 11) is 0. The Kier molecular flexibility index (Phi) is 5.70. The number of H-pyrrole nitrogens is 1. The van der Waals surface area contributed by atoms with E-state index < -0.39 is 5.97 Å². The van der Waals surface area contributed by atoms with Crippen LogP contribution in [0.3, 0.4) is 0 Å². The first kappa shape index (κ1) is 27.6. The molecule has 42 heavy (non-hydrogen) atoms. The summed E-state index contributed by atoms with van der Waals surface area (Å²) >= 11 is 0. The maximum atomic E-state index is 11.7. The van der Waals surface area contributed by atoms with Crippen LogP contribution in [0, 0.1) is 35.0 Å². The SMILES string of the molecule is Cc1c(O)c(O)cc2c1C(c1c[nH]c3cc(C(=O)O)ccc13)C=C1C2(C)CC[C@@]2(C)C3CC(C)CCC3(C)CCC12C. The number of hydrogen-bond donors (Lipinski definition) is 4. The number of benzene rings is 2. The number of carbonyl (C=O) groups is 1. The van der Waals surface area contributed by atoms with Gasteiger partial charge in [-0.25, -0.2) is 4.79 Å². The van der Waals surface area contributed by atoms with Crippen molar-refractivity contribution in [2.75, 3.05) is 0 Å². The van der Waals surface area contributed by atoms with Gasteiger partial charge in [-0.15, -0.1) is 0 Å². The second-order valence-corrected chi connectivity index (χ2v) is 15.4. The summed E-state index contributed by atoms with van der Waals surface area (Å²) in [5, 5.41) is 32.5. The van der Waals surface area contributed by atoms with E-state index in [1.54, 1.807) is 12.1 Å². The Morgan fingerprint density at radius 1 is 1.00 bits per heavy atom. The zero-order chi connectivity index (χ0) is 30.0. The molecule has 0 spiro atoms. The van der Waals surface area contributed by atoms with E-state index in [1.165, 1.54) is 31.3 Å². The average molecular weight is 568 g/mol. The third-order valence-corrected chi connectivity index (χ3v) is 13.4. The molecule has 7 atom stereocenters. The molecule has 1 heterocycles. The normalized spacial score (nSPS) is 37.3. The van der Waals surface area contributed by atoms with Crippen LogP contribution in [0.15, 0.2) is 42.1 Å². The van der Waals surface area contributed by atoms with Gasteiger partial charge in [0, 0.05) is 28.4 Å². The zero-order valence-corrected chi connectivity index (χ0v) is 25.9. The highest BCUT2D eigenvalue weighted by atomic mass is 16.4. The highest BCUT2D eigenvalue weighted by Crippen LogP contribution is 2.74. The van der Waals surface area contributed by atoms with E-state index in [1.807, 2.05) is 25.3 Å². The molecule has 0 radical (unpaired) electrons. The molecule has 6 unspecified atom stereocenters. The van der Waals surface area contributed by atoms with Crippen LogP contribution in [0.5, 0.6) is 11.5 Å². The summed E-state index contributed by atoms with van der Waals surface area (Å²) in [5.41, 5.74) is 6.85. The van der Waals surface area contributed by atoms with Crippen molar-refractivity contribution in [3.05, 3.63) is 69.9 Å². The van der Waals surface area contributed by atoms with Gasteiger partial charge in [0.1, 0.15) is 0 Å². The minimum absolute atomic E-state index is 0.00117. The summed E-state index contributed by atoms with van der Waals surface area (Å²) in [6.07, 6.45) is 13.1. The third kappa shape index (κ3) is 3.40. The number of aromatic hydroxyl groups is 2. The summed E-state index contributed by atoms with van der Waals surface area (Å²) in [5.74, 6) is 0.263. The fourth-order valence-electron chi connectivity index (χ4n) is 10.6. The van der Waals surface area contributed by atoms with Crippen LogP contribution in [0.1, 0.15) is 118 Å². The first-order chi connectivity index (χ1) is 19.7. The number of rotatable bonds is 2. The van der Waals surface area contributed by atoms with Crippen molar-refractivity contribution in [2.24, 2.45) is 28.1 Å². The van der Waals surface area contributed by atoms with Crippen molar-refractivity contribution in [1.29, 1.82) is 0 Å². The van der Waals surface area contributed by atoms with E-state index in [0.717, 1.165) is 58.3 Å². The maximum Gasteiger partial charge on any atom is 0.335 e. The minimum atomic E-state index is -0.944. The van der Waals surface area contributed by atoms with Crippen molar-refractivity contribution in [3.63, 3.8) is 0 Å². The molecule has 3 saturated carbocycles. The van der Waals surface area contributed by atoms with Crippen LogP contribution in [-0.2, 0) is 5.41 Å². The Bertz CT molecular complexity index is 1680. The van der Waals surface area contributed by atoms with E-state index >= 15 is 0 Å². The molecule has 4 aliphatic carbocycles. The van der Waals surface area contributed by atoms with Crippen molar-refractivity contribution in [2.45, 2.75) is 97.8 Å². The number of nitrogens with one attached hydrogen (secondary N) is 1. The lowest BCUT2D eigenvalue weighted by atomic mass is 9.35. The lowest BCUT2D eigenvalue weighted by molar-refractivity contribution is -0.145. The molecule has 4 N–H and O–H groups in total. The molecule has 7 rings (SSSR count). The smallest absolute Gasteiger partial charge is 0.335 e. The Balaban J connectivity index is 1.47. The first-order valence-corrected chi connectivity index (χ1v) is 15.9. The number of allylic oxidation sites excluding steroid dienone is 2. The molecule has 0 aliphatic heterocycles. The molecule has 4 aliphatic rings. The molecule has 222 valence electrons. The van der Waals surface area contributed by atoms with Crippen LogP contribution in [0.25, 0.3) is 10.9 Å². The van der Waals surface area contributed by atoms with Gasteiger partial charge in [-0.3, -0.25) is 0 Å². The second kappa shape index (κ2) is 8.67. The molecule has 2 aromatic carbocycles. The monoisotopic (exact) mass is 567 g/mol. The number of fused-ring (bicyclic) bond motifs is 8. The molecule has 0 bridgehead atoms. The fourth-order valence-corrected chi connectivity index (χ4v) is 10.6. The highest BCUT2D eigenvalue weighted by Gasteiger charge is 2.65. The largest absolute Gasteiger partial charge is 0.504 e. The predicted octanol–water partition coefficient (Wildman–Crippen LogP) is 8.96. The summed E-state index contributed by atoms with van der Waals surface area (Å²) in [6, 6.07) is 7.13. The van der Waals surface area contributed by atoms with E-state index in [4.69, 9.17) is 0 Å². The van der Waals surface area contributed by atoms with E-state index in [-0.39, 0.29) is 39.2 Å². The van der Waals surface area contributed by atoms with Crippen LogP contribution < -0.4 is 0 Å². The Morgan fingerprint density at radius 2 is 1.76 bits per heavy atom. The van der Waals surface area contributed by atoms with Gasteiger partial charge >= 0.3 is 5.97 Å². The predicted molar refractivity (Wildman–Crippen MR) is 166 cm³/mol. The number of hydrogen-bond acceptors (Lipinski definition) is 3. The first-order valence-electron chi connectivity index (χ1n) is 15.9. The van der Waals surface area contributed by atoms with Crippen molar-refractivity contribution < 1.29 is 20.1 Å². The minimum Gasteiger partial charge on any atom is -0.504 e. The number of aromatic nitrogens is 1. The van der Waals surface area contributed by atoms with Crippen molar-refractivity contribution in [3.8, 4) is 11.5 Å². The Morgan fingerprint density at radius 3 is 2.50 bits per heavy atom. The van der Waals surface area contributed by atoms with Gasteiger partial charge in [-0.2, -0.15) is 0 Å². The maximum absolute atomic E-state index is 11.7. The number of aromatic amines is 1. The molecule has 5 heteroatoms. The van der Waals surface area contributed by atoms with Gasteiger partial charge in [-0.05, 0) is 114 Å². The Hall–Kier alpha value is -3.21. The van der Waals surface area contributed by atoms with Gasteiger partial charge in [0.15, 0.2) is 11.5 Å². The number of carboxylic acid groups (broad SMARTS) is 1. The molecule has 0 saturated heterocycles. The van der Waals surface area contributed by atoms with E-state index in [0.29, 0.717) is 11.3 Å². The van der Waals surface area contributed by atoms with Crippen LogP contribution >= 0.6 is 0 Å². The number of phenolic OH excluding ortho intramolecular Hbond substituents is 2. The summed E-state index contributed by atoms with van der Waals surface area (Å²) in [4.78, 5) is 15.0. The molecule has 0 amide bonds. The highest BCUT2D eigenvalue weighted by molar-refractivity contribution is 5.95. The van der Waals surface area contributed by atoms with E-state index in [9.17, 15) is 20.1 Å². The molecule has 3 aromatic rings. The number of phenols is 2. The average Bonchev–Trinajstić information content (AvgIpc) is 3.37. The lowest BCUT2D eigenvalue weighted by Crippen LogP contribution is -2.61. The van der Waals surface area contributed by atoms with E-state index in [2.05, 4.69) is 45.7 Å². The Labute approximate surface area is 249 Å². The van der Waals surface area contributed by atoms with Crippen LogP contribution in [0.2, 0.25) is 0 Å². The lowest BCUT2D eigenvalue weighted by Gasteiger charge is -2.69. The topological polar surface area (TPSA) is 93.5 Å². The molecule has 5 nitrogen and oxygen atoms in total. The van der Waals surface area contributed by atoms with Crippen LogP contribution in [-0.4, -0.2) is 26.3 Å². The second-order valence-electron chi connectivity index (χ2n) is 15.4. The molecular formula is C37H45NO4. The zero-order valence-electron chi connectivity index (χ0n) is 25.9. The van der Waals surface area contributed by atoms with Gasteiger partial charge < -0.3 is 20.3 Å². The third-order valence-electron chi connectivity index (χ3n) is 13.4. The van der Waals surface area contributed by atoms with Gasteiger partial charge in [0.25, 0.3) is 0 Å². The standard InChI is InChI=1S/C37H45NO4/c1-20-9-10-34(3)11-13-37(6)30-17-24(25-19-38-27-16-22(33(41)42)7-8-23(25)27)31-21(2)32(40)28(39)18-26(31)35(30,4)12-14-36(37,5)29(34)15-20/h7-8,16-20,24,29,38-40H,9-15H2,1-6H3,(H,41,42)/t20?,24?,29?,34?,35?,36-,37?/m0/s1. The number of aromatic carboxylic acids is 1.